The summed E-state index contributed by atoms with van der Waals surface area (Å²) in [6, 6.07) is 7.99. The molecule has 1 aromatic carbocycles. The van der Waals surface area contributed by atoms with Crippen molar-refractivity contribution in [3.63, 3.8) is 0 Å². The van der Waals surface area contributed by atoms with Crippen molar-refractivity contribution in [2.24, 2.45) is 0 Å². The summed E-state index contributed by atoms with van der Waals surface area (Å²) in [5.41, 5.74) is 1.93. The number of halogens is 1. The molecule has 0 fully saturated rings. The predicted octanol–water partition coefficient (Wildman–Crippen LogP) is 2.95. The van der Waals surface area contributed by atoms with Crippen LogP contribution in [0.4, 0.5) is 0 Å². The second-order valence-electron chi connectivity index (χ2n) is 4.05. The van der Waals surface area contributed by atoms with Crippen LogP contribution in [0.1, 0.15) is 24.1 Å². The van der Waals surface area contributed by atoms with Gasteiger partial charge in [-0.1, -0.05) is 34.1 Å². The lowest BCUT2D eigenvalue weighted by Crippen LogP contribution is -2.04. The van der Waals surface area contributed by atoms with Crippen LogP contribution in [0.25, 0.3) is 0 Å². The summed E-state index contributed by atoms with van der Waals surface area (Å²) in [5, 5.41) is 9.26. The molecule has 0 aliphatic heterocycles. The molecule has 90 valence electrons. The molecular formula is C13H14BrNO2. The summed E-state index contributed by atoms with van der Waals surface area (Å²) < 4.78 is 6.43. The van der Waals surface area contributed by atoms with Gasteiger partial charge in [0.15, 0.2) is 5.89 Å². The van der Waals surface area contributed by atoms with Gasteiger partial charge in [-0.2, -0.15) is 0 Å². The van der Waals surface area contributed by atoms with E-state index in [9.17, 15) is 5.11 Å². The second kappa shape index (κ2) is 5.47. The number of aliphatic hydroxyl groups excluding tert-OH is 1. The zero-order chi connectivity index (χ0) is 12.3. The number of benzene rings is 1. The van der Waals surface area contributed by atoms with Crippen molar-refractivity contribution in [1.29, 1.82) is 0 Å². The summed E-state index contributed by atoms with van der Waals surface area (Å²) >= 11 is 3.49. The fourth-order valence-electron chi connectivity index (χ4n) is 1.63. The first kappa shape index (κ1) is 12.3. The Hall–Kier alpha value is -1.13. The lowest BCUT2D eigenvalue weighted by molar-refractivity contribution is 0.194. The molecule has 2 aromatic rings. The number of aromatic nitrogens is 1. The van der Waals surface area contributed by atoms with E-state index in [0.717, 1.165) is 15.7 Å². The molecule has 0 radical (unpaired) electrons. The van der Waals surface area contributed by atoms with Crippen molar-refractivity contribution in [1.82, 2.24) is 4.98 Å². The molecule has 0 spiro atoms. The van der Waals surface area contributed by atoms with Crippen molar-refractivity contribution in [2.45, 2.75) is 25.9 Å². The zero-order valence-corrected chi connectivity index (χ0v) is 11.1. The van der Waals surface area contributed by atoms with Crippen LogP contribution in [0.2, 0.25) is 0 Å². The number of nitrogens with zero attached hydrogens (tertiary/aromatic N) is 1. The third-order valence-electron chi connectivity index (χ3n) is 2.40. The van der Waals surface area contributed by atoms with Crippen LogP contribution < -0.4 is 0 Å². The summed E-state index contributed by atoms with van der Waals surface area (Å²) in [7, 11) is 0. The van der Waals surface area contributed by atoms with Gasteiger partial charge in [-0.15, -0.1) is 0 Å². The monoisotopic (exact) mass is 295 g/mol. The van der Waals surface area contributed by atoms with E-state index >= 15 is 0 Å². The van der Waals surface area contributed by atoms with Gasteiger partial charge >= 0.3 is 0 Å². The first-order valence-electron chi connectivity index (χ1n) is 5.50. The molecule has 3 nitrogen and oxygen atoms in total. The van der Waals surface area contributed by atoms with Crippen molar-refractivity contribution in [3.8, 4) is 0 Å². The molecule has 0 saturated carbocycles. The molecule has 0 aliphatic rings. The number of aliphatic hydroxyl groups is 1. The van der Waals surface area contributed by atoms with Crippen LogP contribution >= 0.6 is 15.9 Å². The maximum Gasteiger partial charge on any atom is 0.198 e. The molecule has 1 atom stereocenters. The van der Waals surface area contributed by atoms with Crippen LogP contribution in [-0.4, -0.2) is 16.2 Å². The molecular weight excluding hydrogens is 282 g/mol. The van der Waals surface area contributed by atoms with Crippen molar-refractivity contribution >= 4 is 15.9 Å². The molecule has 0 saturated heterocycles. The number of rotatable bonds is 4. The van der Waals surface area contributed by atoms with Gasteiger partial charge in [-0.3, -0.25) is 0 Å². The van der Waals surface area contributed by atoms with E-state index < -0.39 is 6.10 Å². The molecule has 2 rings (SSSR count). The third-order valence-corrected chi connectivity index (χ3v) is 3.18. The Morgan fingerprint density at radius 2 is 2.18 bits per heavy atom. The Bertz CT molecular complexity index is 494. The first-order chi connectivity index (χ1) is 8.15. The van der Waals surface area contributed by atoms with Gasteiger partial charge in [0.25, 0.3) is 0 Å². The lowest BCUT2D eigenvalue weighted by Gasteiger charge is -2.00. The minimum absolute atomic E-state index is 0.392. The number of hydrogen-bond donors (Lipinski definition) is 1. The molecule has 4 heteroatoms. The van der Waals surface area contributed by atoms with E-state index in [1.807, 2.05) is 24.3 Å². The summed E-state index contributed by atoms with van der Waals surface area (Å²) in [5.74, 6) is 0.674. The quantitative estimate of drug-likeness (QED) is 0.943. The zero-order valence-electron chi connectivity index (χ0n) is 9.56. The van der Waals surface area contributed by atoms with Crippen LogP contribution in [0, 0.1) is 0 Å². The van der Waals surface area contributed by atoms with Crippen molar-refractivity contribution < 1.29 is 9.52 Å². The maximum atomic E-state index is 9.26. The van der Waals surface area contributed by atoms with Gasteiger partial charge in [-0.05, 0) is 18.6 Å². The lowest BCUT2D eigenvalue weighted by atomic mass is 10.1. The van der Waals surface area contributed by atoms with E-state index in [0.29, 0.717) is 18.7 Å². The smallest absolute Gasteiger partial charge is 0.198 e. The summed E-state index contributed by atoms with van der Waals surface area (Å²) in [6.07, 6.45) is 2.40. The van der Waals surface area contributed by atoms with Gasteiger partial charge in [0.1, 0.15) is 6.26 Å². The van der Waals surface area contributed by atoms with Gasteiger partial charge < -0.3 is 9.52 Å². The first-order valence-corrected chi connectivity index (χ1v) is 6.29. The topological polar surface area (TPSA) is 46.3 Å². The van der Waals surface area contributed by atoms with Crippen molar-refractivity contribution in [2.75, 3.05) is 0 Å². The second-order valence-corrected chi connectivity index (χ2v) is 4.91. The van der Waals surface area contributed by atoms with Gasteiger partial charge in [0.05, 0.1) is 18.2 Å². The normalized spacial score (nSPS) is 12.6. The summed E-state index contributed by atoms with van der Waals surface area (Å²) in [6.45, 7) is 1.74. The highest BCUT2D eigenvalue weighted by molar-refractivity contribution is 9.10. The average molecular weight is 296 g/mol. The van der Waals surface area contributed by atoms with Gasteiger partial charge in [-0.25, -0.2) is 4.98 Å². The van der Waals surface area contributed by atoms with E-state index in [-0.39, 0.29) is 0 Å². The number of oxazole rings is 1. The molecule has 1 N–H and O–H groups in total. The Balaban J connectivity index is 2.09. The van der Waals surface area contributed by atoms with E-state index in [2.05, 4.69) is 20.9 Å². The Labute approximate surface area is 109 Å². The predicted molar refractivity (Wildman–Crippen MR) is 68.8 cm³/mol. The standard InChI is InChI=1S/C13H14BrNO2/c1-9(16)6-11-8-17-13(15-11)7-10-4-2-3-5-12(10)14/h2-5,8-9,16H,6-7H2,1H3. The van der Waals surface area contributed by atoms with E-state index in [1.54, 1.807) is 13.2 Å². The largest absolute Gasteiger partial charge is 0.448 e. The molecule has 1 aromatic heterocycles. The SMILES string of the molecule is CC(O)Cc1coc(Cc2ccccc2Br)n1. The molecule has 1 heterocycles. The Morgan fingerprint density at radius 3 is 2.88 bits per heavy atom. The highest BCUT2D eigenvalue weighted by Gasteiger charge is 2.08. The van der Waals surface area contributed by atoms with Gasteiger partial charge in [0.2, 0.25) is 0 Å². The van der Waals surface area contributed by atoms with E-state index in [1.165, 1.54) is 0 Å². The van der Waals surface area contributed by atoms with E-state index in [4.69, 9.17) is 4.42 Å². The maximum absolute atomic E-state index is 9.26. The average Bonchev–Trinajstić information content (AvgIpc) is 2.68. The molecule has 0 bridgehead atoms. The van der Waals surface area contributed by atoms with Crippen molar-refractivity contribution in [3.05, 3.63) is 52.1 Å². The number of hydrogen-bond acceptors (Lipinski definition) is 3. The molecule has 0 amide bonds. The molecule has 17 heavy (non-hydrogen) atoms. The summed E-state index contributed by atoms with van der Waals surface area (Å²) in [4.78, 5) is 4.34. The van der Waals surface area contributed by atoms with Crippen LogP contribution in [0.3, 0.4) is 0 Å². The van der Waals surface area contributed by atoms with Crippen LogP contribution in [-0.2, 0) is 12.8 Å². The van der Waals surface area contributed by atoms with Crippen LogP contribution in [0.15, 0.2) is 39.4 Å². The fraction of sp³-hybridized carbons (Fsp3) is 0.308. The highest BCUT2D eigenvalue weighted by atomic mass is 79.9. The third kappa shape index (κ3) is 3.41. The Morgan fingerprint density at radius 1 is 1.41 bits per heavy atom. The minimum Gasteiger partial charge on any atom is -0.448 e. The van der Waals surface area contributed by atoms with Gasteiger partial charge in [0, 0.05) is 10.9 Å². The minimum atomic E-state index is -0.392. The Kier molecular flexibility index (Phi) is 3.97. The fourth-order valence-corrected chi connectivity index (χ4v) is 2.06. The highest BCUT2D eigenvalue weighted by Crippen LogP contribution is 2.19. The molecule has 0 aliphatic carbocycles. The van der Waals surface area contributed by atoms with Crippen LogP contribution in [0.5, 0.6) is 0 Å². The molecule has 1 unspecified atom stereocenters.